The smallest absolute Gasteiger partial charge is 0.269 e. The first kappa shape index (κ1) is 7.12. The van der Waals surface area contributed by atoms with Gasteiger partial charge in [-0.3, -0.25) is 5.84 Å². The first-order chi connectivity index (χ1) is 4.75. The zero-order chi connectivity index (χ0) is 7.56. The Labute approximate surface area is 61.0 Å². The summed E-state index contributed by atoms with van der Waals surface area (Å²) in [6, 6.07) is 0. The molecule has 1 heterocycles. The van der Waals surface area contributed by atoms with Crippen LogP contribution in [0, 0.1) is 0 Å². The molecule has 10 heavy (non-hydrogen) atoms. The Morgan fingerprint density at radius 1 is 1.70 bits per heavy atom. The molecule has 1 aromatic rings. The monoisotopic (exact) mass is 140 g/mol. The minimum absolute atomic E-state index is 1.04. The highest BCUT2D eigenvalue weighted by atomic mass is 15.3. The van der Waals surface area contributed by atoms with Crippen LogP contribution in [0.5, 0.6) is 0 Å². The summed E-state index contributed by atoms with van der Waals surface area (Å²) in [6.45, 7) is 2.15. The molecule has 0 spiro atoms. The average molecular weight is 140 g/mol. The molecule has 0 radical (unpaired) electrons. The van der Waals surface area contributed by atoms with E-state index >= 15 is 0 Å². The fraction of sp³-hybridized carbons (Fsp3) is 0.571. The summed E-state index contributed by atoms with van der Waals surface area (Å²) < 4.78 is 3.72. The zero-order valence-corrected chi connectivity index (χ0v) is 6.54. The maximum Gasteiger partial charge on any atom is 0.279 e. The van der Waals surface area contributed by atoms with Gasteiger partial charge in [0, 0.05) is 0 Å². The van der Waals surface area contributed by atoms with Crippen molar-refractivity contribution in [2.75, 3.05) is 5.84 Å². The number of imidazole rings is 1. The molecule has 0 saturated heterocycles. The third-order valence-corrected chi connectivity index (χ3v) is 1.63. The molecule has 0 saturated carbocycles. The van der Waals surface area contributed by atoms with E-state index in [1.165, 1.54) is 5.82 Å². The highest BCUT2D eigenvalue weighted by Gasteiger charge is 2.09. The summed E-state index contributed by atoms with van der Waals surface area (Å²) >= 11 is 0. The van der Waals surface area contributed by atoms with Gasteiger partial charge in [-0.05, 0) is 6.42 Å². The molecular weight excluding hydrogens is 126 g/mol. The molecule has 3 heteroatoms. The molecule has 3 nitrogen and oxygen atoms in total. The van der Waals surface area contributed by atoms with Gasteiger partial charge in [-0.1, -0.05) is 6.92 Å². The van der Waals surface area contributed by atoms with Crippen LogP contribution in [-0.4, -0.2) is 4.68 Å². The largest absolute Gasteiger partial charge is 0.279 e. The van der Waals surface area contributed by atoms with Gasteiger partial charge in [-0.15, -0.1) is 4.68 Å². The van der Waals surface area contributed by atoms with Gasteiger partial charge < -0.3 is 0 Å². The molecule has 1 rings (SSSR count). The van der Waals surface area contributed by atoms with Crippen molar-refractivity contribution >= 4 is 0 Å². The first-order valence-electron chi connectivity index (χ1n) is 3.56. The van der Waals surface area contributed by atoms with Gasteiger partial charge in [0.25, 0.3) is 5.82 Å². The Kier molecular flexibility index (Phi) is 1.94. The van der Waals surface area contributed by atoms with Crippen molar-refractivity contribution in [2.45, 2.75) is 19.8 Å². The van der Waals surface area contributed by atoms with Crippen LogP contribution < -0.4 is 10.4 Å². The molecule has 0 aliphatic rings. The SMILES string of the molecule is CCCc1n(N)cc[n+]1C. The van der Waals surface area contributed by atoms with Gasteiger partial charge in [0.1, 0.15) is 6.20 Å². The lowest BCUT2D eigenvalue weighted by atomic mass is 10.3. The van der Waals surface area contributed by atoms with Crippen molar-refractivity contribution in [3.63, 3.8) is 0 Å². The summed E-state index contributed by atoms with van der Waals surface area (Å²) in [5.74, 6) is 6.79. The van der Waals surface area contributed by atoms with E-state index in [-0.39, 0.29) is 0 Å². The van der Waals surface area contributed by atoms with Crippen molar-refractivity contribution < 1.29 is 4.57 Å². The normalized spacial score (nSPS) is 10.2. The maximum atomic E-state index is 5.62. The van der Waals surface area contributed by atoms with E-state index in [4.69, 9.17) is 5.84 Å². The minimum atomic E-state index is 1.04. The number of nitrogens with two attached hydrogens (primary N) is 1. The van der Waals surface area contributed by atoms with Gasteiger partial charge in [-0.2, -0.15) is 0 Å². The van der Waals surface area contributed by atoms with Crippen LogP contribution in [0.1, 0.15) is 19.2 Å². The van der Waals surface area contributed by atoms with Crippen LogP contribution in [0.15, 0.2) is 12.4 Å². The molecule has 0 aliphatic heterocycles. The summed E-state index contributed by atoms with van der Waals surface area (Å²) in [7, 11) is 2.01. The van der Waals surface area contributed by atoms with Gasteiger partial charge in [0.2, 0.25) is 0 Å². The number of aromatic nitrogens is 2. The molecular formula is C7H14N3+. The van der Waals surface area contributed by atoms with E-state index in [1.807, 2.05) is 24.0 Å². The van der Waals surface area contributed by atoms with Crippen LogP contribution in [-0.2, 0) is 13.5 Å². The number of hydrogen-bond donors (Lipinski definition) is 1. The Hall–Kier alpha value is -0.990. The Balaban J connectivity index is 2.87. The minimum Gasteiger partial charge on any atom is -0.269 e. The van der Waals surface area contributed by atoms with Gasteiger partial charge in [0.15, 0.2) is 6.20 Å². The number of hydrogen-bond acceptors (Lipinski definition) is 1. The predicted molar refractivity (Wildman–Crippen MR) is 39.8 cm³/mol. The fourth-order valence-corrected chi connectivity index (χ4v) is 1.06. The topological polar surface area (TPSA) is 34.8 Å². The van der Waals surface area contributed by atoms with E-state index in [0.717, 1.165) is 12.8 Å². The van der Waals surface area contributed by atoms with Crippen molar-refractivity contribution in [1.29, 1.82) is 0 Å². The third-order valence-electron chi connectivity index (χ3n) is 1.63. The van der Waals surface area contributed by atoms with E-state index in [1.54, 1.807) is 4.68 Å². The van der Waals surface area contributed by atoms with Crippen molar-refractivity contribution in [1.82, 2.24) is 4.68 Å². The Bertz CT molecular complexity index is 195. The lowest BCUT2D eigenvalue weighted by molar-refractivity contribution is -0.678. The maximum absolute atomic E-state index is 5.62. The van der Waals surface area contributed by atoms with Crippen LogP contribution in [0.3, 0.4) is 0 Å². The standard InChI is InChI=1S/C7H14N3/c1-3-4-7-9(2)5-6-10(7)8/h5-6H,3-4,8H2,1-2H3/q+1. The van der Waals surface area contributed by atoms with Crippen LogP contribution in [0.4, 0.5) is 0 Å². The molecule has 2 N–H and O–H groups in total. The van der Waals surface area contributed by atoms with Crippen LogP contribution in [0.25, 0.3) is 0 Å². The highest BCUT2D eigenvalue weighted by molar-refractivity contribution is 4.82. The second-order valence-corrected chi connectivity index (χ2v) is 2.48. The summed E-state index contributed by atoms with van der Waals surface area (Å²) in [5.41, 5.74) is 0. The van der Waals surface area contributed by atoms with E-state index < -0.39 is 0 Å². The molecule has 56 valence electrons. The Morgan fingerprint density at radius 2 is 2.40 bits per heavy atom. The molecule has 0 unspecified atom stereocenters. The second kappa shape index (κ2) is 2.73. The van der Waals surface area contributed by atoms with Gasteiger partial charge >= 0.3 is 0 Å². The zero-order valence-electron chi connectivity index (χ0n) is 6.54. The fourth-order valence-electron chi connectivity index (χ4n) is 1.06. The molecule has 0 atom stereocenters. The van der Waals surface area contributed by atoms with Crippen molar-refractivity contribution in [3.05, 3.63) is 18.2 Å². The second-order valence-electron chi connectivity index (χ2n) is 2.48. The van der Waals surface area contributed by atoms with Gasteiger partial charge in [0.05, 0.1) is 13.5 Å². The Morgan fingerprint density at radius 3 is 2.80 bits per heavy atom. The van der Waals surface area contributed by atoms with Crippen molar-refractivity contribution in [2.24, 2.45) is 7.05 Å². The predicted octanol–water partition coefficient (Wildman–Crippen LogP) is -0.0211. The first-order valence-corrected chi connectivity index (χ1v) is 3.56. The average Bonchev–Trinajstić information content (AvgIpc) is 2.20. The lowest BCUT2D eigenvalue weighted by Gasteiger charge is -1.92. The number of aryl methyl sites for hydroxylation is 1. The van der Waals surface area contributed by atoms with E-state index in [2.05, 4.69) is 6.92 Å². The van der Waals surface area contributed by atoms with E-state index in [0.29, 0.717) is 0 Å². The van der Waals surface area contributed by atoms with Crippen LogP contribution >= 0.6 is 0 Å². The quantitative estimate of drug-likeness (QED) is 0.454. The number of nitrogen functional groups attached to an aromatic ring is 1. The van der Waals surface area contributed by atoms with Crippen LogP contribution in [0.2, 0.25) is 0 Å². The third kappa shape index (κ3) is 1.12. The summed E-state index contributed by atoms with van der Waals surface area (Å²) in [5, 5.41) is 0. The molecule has 1 aromatic heterocycles. The molecule has 0 aliphatic carbocycles. The molecule has 0 fully saturated rings. The van der Waals surface area contributed by atoms with Crippen molar-refractivity contribution in [3.8, 4) is 0 Å². The lowest BCUT2D eigenvalue weighted by Crippen LogP contribution is -2.33. The summed E-state index contributed by atoms with van der Waals surface area (Å²) in [6.07, 6.45) is 6.00. The van der Waals surface area contributed by atoms with Gasteiger partial charge in [-0.25, -0.2) is 4.57 Å². The summed E-state index contributed by atoms with van der Waals surface area (Å²) in [4.78, 5) is 0. The highest BCUT2D eigenvalue weighted by Crippen LogP contribution is 1.92. The molecule has 0 aromatic carbocycles. The molecule has 0 bridgehead atoms. The number of nitrogens with zero attached hydrogens (tertiary/aromatic N) is 2. The number of rotatable bonds is 2. The van der Waals surface area contributed by atoms with E-state index in [9.17, 15) is 0 Å². The molecule has 0 amide bonds.